The highest BCUT2D eigenvalue weighted by atomic mass is 16.3. The first kappa shape index (κ1) is 35.8. The molecule has 10 aromatic carbocycles. The summed E-state index contributed by atoms with van der Waals surface area (Å²) in [5, 5.41) is 4.55. The van der Waals surface area contributed by atoms with Crippen molar-refractivity contribution in [2.24, 2.45) is 0 Å². The molecule has 1 aromatic heterocycles. The molecule has 3 nitrogen and oxygen atoms in total. The van der Waals surface area contributed by atoms with Crippen molar-refractivity contribution in [1.29, 1.82) is 0 Å². The van der Waals surface area contributed by atoms with E-state index < -0.39 is 5.41 Å². The van der Waals surface area contributed by atoms with E-state index >= 15 is 0 Å². The minimum atomic E-state index is -0.518. The summed E-state index contributed by atoms with van der Waals surface area (Å²) in [6.45, 7) is 0. The van der Waals surface area contributed by atoms with Crippen LogP contribution in [0.5, 0.6) is 0 Å². The molecule has 11 aromatic rings. The fourth-order valence-electron chi connectivity index (χ4n) is 10.1. The zero-order valence-electron chi connectivity index (χ0n) is 33.9. The molecule has 0 aliphatic heterocycles. The Hall–Kier alpha value is -8.14. The Morgan fingerprint density at radius 2 is 0.823 bits per heavy atom. The van der Waals surface area contributed by atoms with Crippen LogP contribution in [0, 0.1) is 0 Å². The molecule has 0 radical (unpaired) electrons. The van der Waals surface area contributed by atoms with Gasteiger partial charge in [-0.05, 0) is 112 Å². The van der Waals surface area contributed by atoms with Crippen molar-refractivity contribution in [3.8, 4) is 11.1 Å². The number of hydrogen-bond donors (Lipinski definition) is 0. The van der Waals surface area contributed by atoms with Crippen LogP contribution in [-0.2, 0) is 5.41 Å². The third kappa shape index (κ3) is 5.59. The molecular weight excluding hydrogens is 753 g/mol. The van der Waals surface area contributed by atoms with Crippen molar-refractivity contribution in [2.45, 2.75) is 5.41 Å². The molecule has 0 saturated carbocycles. The van der Waals surface area contributed by atoms with Gasteiger partial charge in [-0.3, -0.25) is 0 Å². The molecule has 1 aliphatic rings. The van der Waals surface area contributed by atoms with Gasteiger partial charge in [-0.15, -0.1) is 0 Å². The maximum atomic E-state index is 6.31. The minimum Gasteiger partial charge on any atom is -0.456 e. The summed E-state index contributed by atoms with van der Waals surface area (Å²) in [6.07, 6.45) is 0. The van der Waals surface area contributed by atoms with Crippen molar-refractivity contribution < 1.29 is 4.42 Å². The zero-order valence-corrected chi connectivity index (χ0v) is 33.9. The van der Waals surface area contributed by atoms with E-state index in [-0.39, 0.29) is 0 Å². The SMILES string of the molecule is c1ccc(N(c2cccc(N(c3ccc4oc5ccccc5c4c3)c3cccc4ccccc34)c2)c2cccc(C3(c4ccccc4)c4ccccc4-c4ccccc43)c2)cc1. The second kappa shape index (κ2) is 14.5. The number of para-hydroxylation sites is 2. The van der Waals surface area contributed by atoms with Crippen LogP contribution in [-0.4, -0.2) is 0 Å². The lowest BCUT2D eigenvalue weighted by molar-refractivity contribution is 0.669. The molecule has 0 saturated heterocycles. The van der Waals surface area contributed by atoms with Crippen LogP contribution < -0.4 is 9.80 Å². The van der Waals surface area contributed by atoms with Gasteiger partial charge in [0.1, 0.15) is 11.2 Å². The molecule has 1 heterocycles. The highest BCUT2D eigenvalue weighted by Gasteiger charge is 2.46. The Bertz CT molecular complexity index is 3390. The molecule has 1 aliphatic carbocycles. The molecule has 0 spiro atoms. The van der Waals surface area contributed by atoms with Gasteiger partial charge in [0.15, 0.2) is 0 Å². The first-order valence-electron chi connectivity index (χ1n) is 21.3. The Labute approximate surface area is 361 Å². The van der Waals surface area contributed by atoms with Gasteiger partial charge >= 0.3 is 0 Å². The van der Waals surface area contributed by atoms with Crippen molar-refractivity contribution in [3.05, 3.63) is 265 Å². The van der Waals surface area contributed by atoms with E-state index in [1.807, 2.05) is 12.1 Å². The largest absolute Gasteiger partial charge is 0.456 e. The number of hydrogen-bond acceptors (Lipinski definition) is 3. The van der Waals surface area contributed by atoms with Gasteiger partial charge in [-0.1, -0.05) is 170 Å². The van der Waals surface area contributed by atoms with Gasteiger partial charge in [0.05, 0.1) is 11.1 Å². The van der Waals surface area contributed by atoms with E-state index in [2.05, 4.69) is 240 Å². The third-order valence-electron chi connectivity index (χ3n) is 12.7. The normalized spacial score (nSPS) is 12.6. The molecule has 12 rings (SSSR count). The fraction of sp³-hybridized carbons (Fsp3) is 0.0169. The number of furan rings is 1. The molecule has 0 unspecified atom stereocenters. The van der Waals surface area contributed by atoms with Crippen molar-refractivity contribution >= 4 is 66.8 Å². The third-order valence-corrected chi connectivity index (χ3v) is 12.7. The van der Waals surface area contributed by atoms with Gasteiger partial charge in [0.2, 0.25) is 0 Å². The number of anilines is 6. The Kier molecular flexibility index (Phi) is 8.39. The molecule has 0 N–H and O–H groups in total. The summed E-state index contributed by atoms with van der Waals surface area (Å²) in [5.41, 5.74) is 15.2. The summed E-state index contributed by atoms with van der Waals surface area (Å²) in [7, 11) is 0. The molecule has 0 bridgehead atoms. The van der Waals surface area contributed by atoms with Crippen LogP contribution in [0.2, 0.25) is 0 Å². The second-order valence-corrected chi connectivity index (χ2v) is 16.1. The number of nitrogens with zero attached hydrogens (tertiary/aromatic N) is 2. The van der Waals surface area contributed by atoms with E-state index in [9.17, 15) is 0 Å². The van der Waals surface area contributed by atoms with Crippen LogP contribution in [0.15, 0.2) is 247 Å². The van der Waals surface area contributed by atoms with Gasteiger partial charge in [-0.25, -0.2) is 0 Å². The lowest BCUT2D eigenvalue weighted by Gasteiger charge is -2.35. The molecule has 292 valence electrons. The van der Waals surface area contributed by atoms with Gasteiger partial charge in [0, 0.05) is 44.6 Å². The highest BCUT2D eigenvalue weighted by Crippen LogP contribution is 2.56. The Morgan fingerprint density at radius 3 is 1.60 bits per heavy atom. The van der Waals surface area contributed by atoms with Crippen LogP contribution >= 0.6 is 0 Å². The van der Waals surface area contributed by atoms with Crippen LogP contribution in [0.25, 0.3) is 43.8 Å². The van der Waals surface area contributed by atoms with Crippen molar-refractivity contribution in [2.75, 3.05) is 9.80 Å². The van der Waals surface area contributed by atoms with Crippen LogP contribution in [0.3, 0.4) is 0 Å². The van der Waals surface area contributed by atoms with Crippen LogP contribution in [0.4, 0.5) is 34.1 Å². The van der Waals surface area contributed by atoms with E-state index in [0.29, 0.717) is 0 Å². The number of benzene rings is 10. The van der Waals surface area contributed by atoms with Gasteiger partial charge in [0.25, 0.3) is 0 Å². The summed E-state index contributed by atoms with van der Waals surface area (Å²) >= 11 is 0. The maximum absolute atomic E-state index is 6.31. The lowest BCUT2D eigenvalue weighted by Crippen LogP contribution is -2.28. The summed E-state index contributed by atoms with van der Waals surface area (Å²) in [5.74, 6) is 0. The zero-order chi connectivity index (χ0) is 41.0. The Morgan fingerprint density at radius 1 is 0.306 bits per heavy atom. The summed E-state index contributed by atoms with van der Waals surface area (Å²) in [6, 6.07) is 87.9. The predicted octanol–water partition coefficient (Wildman–Crippen LogP) is 16.0. The average Bonchev–Trinajstić information content (AvgIpc) is 3.86. The number of fused-ring (bicyclic) bond motifs is 7. The lowest BCUT2D eigenvalue weighted by atomic mass is 9.67. The number of rotatable bonds is 8. The minimum absolute atomic E-state index is 0.518. The molecule has 0 atom stereocenters. The molecular formula is C59H40N2O. The van der Waals surface area contributed by atoms with E-state index in [1.165, 1.54) is 44.2 Å². The molecule has 3 heteroatoms. The predicted molar refractivity (Wildman–Crippen MR) is 258 cm³/mol. The first-order valence-corrected chi connectivity index (χ1v) is 21.3. The van der Waals surface area contributed by atoms with E-state index in [0.717, 1.165) is 56.1 Å². The standard InChI is InChI=1S/C59H40N2O/c1-3-20-42(21-4-1)59(54-32-12-9-29-50(54)51-30-10-13-33-55(51)59)43-22-16-25-45(38-43)60(44-23-5-2-6-24-44)46-26-17-27-47(39-46)61(56-34-15-19-41-18-7-8-28-49(41)56)48-36-37-58-53(40-48)52-31-11-14-35-57(52)62-58/h1-40H. The van der Waals surface area contributed by atoms with Gasteiger partial charge in [-0.2, -0.15) is 0 Å². The van der Waals surface area contributed by atoms with E-state index in [4.69, 9.17) is 4.42 Å². The molecule has 62 heavy (non-hydrogen) atoms. The maximum Gasteiger partial charge on any atom is 0.135 e. The highest BCUT2D eigenvalue weighted by molar-refractivity contribution is 6.07. The average molecular weight is 793 g/mol. The smallest absolute Gasteiger partial charge is 0.135 e. The second-order valence-electron chi connectivity index (χ2n) is 16.1. The van der Waals surface area contributed by atoms with Gasteiger partial charge < -0.3 is 14.2 Å². The quantitative estimate of drug-likeness (QED) is 0.153. The fourth-order valence-corrected chi connectivity index (χ4v) is 10.1. The monoisotopic (exact) mass is 792 g/mol. The van der Waals surface area contributed by atoms with Crippen LogP contribution in [0.1, 0.15) is 22.3 Å². The topological polar surface area (TPSA) is 19.6 Å². The molecule has 0 fully saturated rings. The molecule has 0 amide bonds. The van der Waals surface area contributed by atoms with E-state index in [1.54, 1.807) is 0 Å². The first-order chi connectivity index (χ1) is 30.8. The Balaban J connectivity index is 1.07. The summed E-state index contributed by atoms with van der Waals surface area (Å²) < 4.78 is 6.31. The van der Waals surface area contributed by atoms with Crippen molar-refractivity contribution in [3.63, 3.8) is 0 Å². The van der Waals surface area contributed by atoms with Crippen molar-refractivity contribution in [1.82, 2.24) is 0 Å². The summed E-state index contributed by atoms with van der Waals surface area (Å²) in [4.78, 5) is 4.79.